The highest BCUT2D eigenvalue weighted by Crippen LogP contribution is 2.25. The Kier molecular flexibility index (Phi) is 6.64. The molecule has 1 fully saturated rings. The Bertz CT molecular complexity index is 531. The predicted molar refractivity (Wildman–Crippen MR) is 95.5 cm³/mol. The number of ether oxygens (including phenoxy) is 1. The molecule has 1 aliphatic rings. The molecule has 0 aliphatic carbocycles. The van der Waals surface area contributed by atoms with Gasteiger partial charge in [-0.2, -0.15) is 0 Å². The summed E-state index contributed by atoms with van der Waals surface area (Å²) in [5.41, 5.74) is 3.09. The molecule has 1 heterocycles. The van der Waals surface area contributed by atoms with Crippen molar-refractivity contribution in [2.75, 3.05) is 26.2 Å². The van der Waals surface area contributed by atoms with E-state index in [9.17, 15) is 4.79 Å². The lowest BCUT2D eigenvalue weighted by Crippen LogP contribution is -2.34. The maximum absolute atomic E-state index is 12.7. The number of rotatable bonds is 7. The van der Waals surface area contributed by atoms with Crippen molar-refractivity contribution in [3.63, 3.8) is 0 Å². The highest BCUT2D eigenvalue weighted by Gasteiger charge is 2.19. The zero-order valence-electron chi connectivity index (χ0n) is 15.2. The van der Waals surface area contributed by atoms with Crippen molar-refractivity contribution in [1.82, 2.24) is 4.90 Å². The fourth-order valence-electron chi connectivity index (χ4n) is 3.02. The van der Waals surface area contributed by atoms with E-state index in [4.69, 9.17) is 4.74 Å². The van der Waals surface area contributed by atoms with E-state index in [1.807, 2.05) is 12.1 Å². The zero-order valence-corrected chi connectivity index (χ0v) is 15.2. The molecule has 0 unspecified atom stereocenters. The number of ketones is 1. The number of carbonyl (C=O) groups is 1. The van der Waals surface area contributed by atoms with E-state index in [1.54, 1.807) is 0 Å². The summed E-state index contributed by atoms with van der Waals surface area (Å²) in [6.45, 7) is 12.3. The summed E-state index contributed by atoms with van der Waals surface area (Å²) in [5, 5.41) is 0. The number of piperidine rings is 1. The smallest absolute Gasteiger partial charge is 0.167 e. The second-order valence-electron chi connectivity index (χ2n) is 6.98. The second-order valence-corrected chi connectivity index (χ2v) is 6.98. The van der Waals surface area contributed by atoms with E-state index in [-0.39, 0.29) is 5.78 Å². The van der Waals surface area contributed by atoms with Gasteiger partial charge in [-0.3, -0.25) is 4.79 Å². The molecule has 0 aromatic heterocycles. The number of aryl methyl sites for hydroxylation is 2. The van der Waals surface area contributed by atoms with Gasteiger partial charge in [-0.25, -0.2) is 0 Å². The van der Waals surface area contributed by atoms with Crippen molar-refractivity contribution in [3.8, 4) is 5.75 Å². The predicted octanol–water partition coefficient (Wildman–Crippen LogP) is 4.40. The first-order chi connectivity index (χ1) is 11.0. The molecular weight excluding hydrogens is 286 g/mol. The van der Waals surface area contributed by atoms with Crippen molar-refractivity contribution >= 4 is 5.78 Å². The highest BCUT2D eigenvalue weighted by molar-refractivity contribution is 5.99. The molecule has 0 bridgehead atoms. The number of Topliss-reactive ketones (excluding diaryl/α,β-unsaturated/α-hetero) is 1. The Morgan fingerprint density at radius 1 is 1.22 bits per heavy atom. The number of likely N-dealkylation sites (tertiary alicyclic amines) is 1. The van der Waals surface area contributed by atoms with Gasteiger partial charge in [0.25, 0.3) is 0 Å². The van der Waals surface area contributed by atoms with Crippen LogP contribution in [0.3, 0.4) is 0 Å². The Morgan fingerprint density at radius 3 is 2.52 bits per heavy atom. The van der Waals surface area contributed by atoms with Gasteiger partial charge in [0.15, 0.2) is 5.78 Å². The summed E-state index contributed by atoms with van der Waals surface area (Å²) in [7, 11) is 0. The third-order valence-electron chi connectivity index (χ3n) is 4.89. The molecule has 0 saturated carbocycles. The van der Waals surface area contributed by atoms with Crippen LogP contribution in [0.4, 0.5) is 0 Å². The van der Waals surface area contributed by atoms with Crippen LogP contribution in [0.5, 0.6) is 5.75 Å². The molecule has 1 saturated heterocycles. The number of benzene rings is 1. The molecule has 1 aromatic rings. The van der Waals surface area contributed by atoms with Crippen molar-refractivity contribution in [2.24, 2.45) is 5.92 Å². The molecule has 23 heavy (non-hydrogen) atoms. The summed E-state index contributed by atoms with van der Waals surface area (Å²) >= 11 is 0. The first-order valence-electron chi connectivity index (χ1n) is 9.00. The molecule has 0 spiro atoms. The molecule has 1 aromatic carbocycles. The van der Waals surface area contributed by atoms with E-state index in [2.05, 4.69) is 32.6 Å². The molecule has 3 heteroatoms. The van der Waals surface area contributed by atoms with Crippen LogP contribution < -0.4 is 4.74 Å². The SMILES string of the molecule is CCCOc1cc(C)c(C)cc1C(=O)CCN1CCC(C)CC1. The number of hydrogen-bond acceptors (Lipinski definition) is 3. The molecule has 0 amide bonds. The minimum absolute atomic E-state index is 0.206. The van der Waals surface area contributed by atoms with Gasteiger partial charge >= 0.3 is 0 Å². The lowest BCUT2D eigenvalue weighted by atomic mass is 9.98. The van der Waals surface area contributed by atoms with Gasteiger partial charge in [-0.1, -0.05) is 13.8 Å². The normalized spacial score (nSPS) is 16.5. The highest BCUT2D eigenvalue weighted by atomic mass is 16.5. The van der Waals surface area contributed by atoms with Crippen LogP contribution in [-0.4, -0.2) is 36.9 Å². The first-order valence-corrected chi connectivity index (χ1v) is 9.00. The molecule has 1 aliphatic heterocycles. The van der Waals surface area contributed by atoms with Gasteiger partial charge in [0.1, 0.15) is 5.75 Å². The Morgan fingerprint density at radius 2 is 1.87 bits per heavy atom. The van der Waals surface area contributed by atoms with Crippen LogP contribution in [0.2, 0.25) is 0 Å². The molecular formula is C20H31NO2. The summed E-state index contributed by atoms with van der Waals surface area (Å²) in [4.78, 5) is 15.1. The van der Waals surface area contributed by atoms with Crippen LogP contribution in [-0.2, 0) is 0 Å². The number of carbonyl (C=O) groups excluding carboxylic acids is 1. The van der Waals surface area contributed by atoms with Crippen LogP contribution in [0, 0.1) is 19.8 Å². The minimum Gasteiger partial charge on any atom is -0.493 e. The topological polar surface area (TPSA) is 29.5 Å². The molecule has 2 rings (SSSR count). The van der Waals surface area contributed by atoms with Crippen molar-refractivity contribution < 1.29 is 9.53 Å². The molecule has 0 N–H and O–H groups in total. The summed E-state index contributed by atoms with van der Waals surface area (Å²) in [6, 6.07) is 4.02. The number of hydrogen-bond donors (Lipinski definition) is 0. The standard InChI is InChI=1S/C20H31NO2/c1-5-12-23-20-14-17(4)16(3)13-18(20)19(22)8-11-21-9-6-15(2)7-10-21/h13-15H,5-12H2,1-4H3. The molecule has 3 nitrogen and oxygen atoms in total. The maximum atomic E-state index is 12.7. The monoisotopic (exact) mass is 317 g/mol. The van der Waals surface area contributed by atoms with Gasteiger partial charge in [-0.15, -0.1) is 0 Å². The van der Waals surface area contributed by atoms with Gasteiger partial charge in [0.2, 0.25) is 0 Å². The Labute approximate surface area is 141 Å². The largest absolute Gasteiger partial charge is 0.493 e. The van der Waals surface area contributed by atoms with Crippen molar-refractivity contribution in [1.29, 1.82) is 0 Å². The van der Waals surface area contributed by atoms with Crippen molar-refractivity contribution in [3.05, 3.63) is 28.8 Å². The zero-order chi connectivity index (χ0) is 16.8. The lowest BCUT2D eigenvalue weighted by Gasteiger charge is -2.29. The van der Waals surface area contributed by atoms with Crippen LogP contribution in [0.15, 0.2) is 12.1 Å². The van der Waals surface area contributed by atoms with E-state index in [0.717, 1.165) is 48.8 Å². The van der Waals surface area contributed by atoms with Crippen LogP contribution >= 0.6 is 0 Å². The lowest BCUT2D eigenvalue weighted by molar-refractivity contribution is 0.0949. The Balaban J connectivity index is 2.01. The molecule has 0 radical (unpaired) electrons. The third-order valence-corrected chi connectivity index (χ3v) is 4.89. The summed E-state index contributed by atoms with van der Waals surface area (Å²) < 4.78 is 5.81. The van der Waals surface area contributed by atoms with Gasteiger partial charge in [0.05, 0.1) is 12.2 Å². The third kappa shape index (κ3) is 5.07. The van der Waals surface area contributed by atoms with Crippen LogP contribution in [0.25, 0.3) is 0 Å². The Hall–Kier alpha value is -1.35. The van der Waals surface area contributed by atoms with Crippen LogP contribution in [0.1, 0.15) is 61.0 Å². The molecule has 0 atom stereocenters. The minimum atomic E-state index is 0.206. The molecule has 128 valence electrons. The fourth-order valence-corrected chi connectivity index (χ4v) is 3.02. The second kappa shape index (κ2) is 8.49. The first kappa shape index (κ1) is 18.0. The van der Waals surface area contributed by atoms with Crippen molar-refractivity contribution in [2.45, 2.75) is 53.4 Å². The van der Waals surface area contributed by atoms with Gasteiger partial charge < -0.3 is 9.64 Å². The number of nitrogens with zero attached hydrogens (tertiary/aromatic N) is 1. The summed E-state index contributed by atoms with van der Waals surface area (Å²) in [5.74, 6) is 1.79. The summed E-state index contributed by atoms with van der Waals surface area (Å²) in [6.07, 6.45) is 4.04. The fraction of sp³-hybridized carbons (Fsp3) is 0.650. The van der Waals surface area contributed by atoms with E-state index in [1.165, 1.54) is 18.4 Å². The van der Waals surface area contributed by atoms with E-state index < -0.39 is 0 Å². The van der Waals surface area contributed by atoms with E-state index >= 15 is 0 Å². The van der Waals surface area contributed by atoms with Gasteiger partial charge in [-0.05, 0) is 75.4 Å². The quantitative estimate of drug-likeness (QED) is 0.698. The average molecular weight is 317 g/mol. The maximum Gasteiger partial charge on any atom is 0.167 e. The average Bonchev–Trinajstić information content (AvgIpc) is 2.54. The van der Waals surface area contributed by atoms with Gasteiger partial charge in [0, 0.05) is 13.0 Å². The van der Waals surface area contributed by atoms with E-state index in [0.29, 0.717) is 13.0 Å².